The molecule has 116 valence electrons. The number of rotatable bonds is 8. The summed E-state index contributed by atoms with van der Waals surface area (Å²) in [6.07, 6.45) is 1.24. The van der Waals surface area contributed by atoms with Crippen molar-refractivity contribution >= 4 is 23.5 Å². The number of benzene rings is 1. The maximum atomic E-state index is 12.0. The Balaban J connectivity index is 2.56. The van der Waals surface area contributed by atoms with Gasteiger partial charge in [0.1, 0.15) is 11.8 Å². The Kier molecular flexibility index (Phi) is 7.02. The summed E-state index contributed by atoms with van der Waals surface area (Å²) in [6, 6.07) is 5.73. The number of carboxylic acids is 1. The zero-order valence-electron chi connectivity index (χ0n) is 12.1. The van der Waals surface area contributed by atoms with Crippen molar-refractivity contribution in [3.63, 3.8) is 0 Å². The van der Waals surface area contributed by atoms with E-state index in [9.17, 15) is 9.59 Å². The molecule has 1 amide bonds. The Morgan fingerprint density at radius 3 is 2.48 bits per heavy atom. The SMILES string of the molecule is CCCC[C@H](NC(=O)C(C)Oc1ccc(Cl)cc1)C(=O)O. The van der Waals surface area contributed by atoms with Crippen LogP contribution in [0.2, 0.25) is 5.02 Å². The van der Waals surface area contributed by atoms with Crippen LogP contribution in [0, 0.1) is 0 Å². The van der Waals surface area contributed by atoms with E-state index >= 15 is 0 Å². The molecule has 21 heavy (non-hydrogen) atoms. The van der Waals surface area contributed by atoms with Crippen LogP contribution in [0.4, 0.5) is 0 Å². The van der Waals surface area contributed by atoms with E-state index in [1.807, 2.05) is 6.92 Å². The second-order valence-corrected chi connectivity index (χ2v) is 5.19. The minimum atomic E-state index is -1.03. The smallest absolute Gasteiger partial charge is 0.326 e. The quantitative estimate of drug-likeness (QED) is 0.774. The lowest BCUT2D eigenvalue weighted by atomic mass is 10.1. The van der Waals surface area contributed by atoms with Crippen molar-refractivity contribution in [1.82, 2.24) is 5.32 Å². The van der Waals surface area contributed by atoms with Gasteiger partial charge in [0.25, 0.3) is 5.91 Å². The number of hydrogen-bond donors (Lipinski definition) is 2. The van der Waals surface area contributed by atoms with Crippen molar-refractivity contribution in [2.45, 2.75) is 45.3 Å². The number of halogens is 1. The topological polar surface area (TPSA) is 75.6 Å². The molecule has 0 aliphatic rings. The lowest BCUT2D eigenvalue weighted by Crippen LogP contribution is -2.46. The number of carbonyl (C=O) groups is 2. The Morgan fingerprint density at radius 1 is 1.33 bits per heavy atom. The van der Waals surface area contributed by atoms with Gasteiger partial charge in [-0.25, -0.2) is 4.79 Å². The largest absolute Gasteiger partial charge is 0.481 e. The summed E-state index contributed by atoms with van der Waals surface area (Å²) in [5.74, 6) is -0.980. The molecule has 6 heteroatoms. The summed E-state index contributed by atoms with van der Waals surface area (Å²) in [5, 5.41) is 12.1. The van der Waals surface area contributed by atoms with E-state index in [2.05, 4.69) is 5.32 Å². The summed E-state index contributed by atoms with van der Waals surface area (Å²) in [6.45, 7) is 3.54. The first-order valence-electron chi connectivity index (χ1n) is 6.89. The maximum absolute atomic E-state index is 12.0. The lowest BCUT2D eigenvalue weighted by Gasteiger charge is -2.18. The highest BCUT2D eigenvalue weighted by Crippen LogP contribution is 2.16. The van der Waals surface area contributed by atoms with Gasteiger partial charge < -0.3 is 15.2 Å². The number of carbonyl (C=O) groups excluding carboxylic acids is 1. The number of aliphatic carboxylic acids is 1. The van der Waals surface area contributed by atoms with E-state index < -0.39 is 24.0 Å². The molecule has 0 heterocycles. The molecule has 0 aromatic heterocycles. The van der Waals surface area contributed by atoms with E-state index in [4.69, 9.17) is 21.4 Å². The monoisotopic (exact) mass is 313 g/mol. The third-order valence-electron chi connectivity index (χ3n) is 2.96. The van der Waals surface area contributed by atoms with Crippen molar-refractivity contribution in [2.24, 2.45) is 0 Å². The van der Waals surface area contributed by atoms with Crippen molar-refractivity contribution in [2.75, 3.05) is 0 Å². The predicted octanol–water partition coefficient (Wildman–Crippen LogP) is 2.87. The molecule has 0 aliphatic heterocycles. The lowest BCUT2D eigenvalue weighted by molar-refractivity contribution is -0.143. The van der Waals surface area contributed by atoms with Gasteiger partial charge in [-0.1, -0.05) is 31.4 Å². The second-order valence-electron chi connectivity index (χ2n) is 4.76. The third-order valence-corrected chi connectivity index (χ3v) is 3.21. The first-order chi connectivity index (χ1) is 9.93. The molecule has 0 bridgehead atoms. The molecule has 2 N–H and O–H groups in total. The van der Waals surface area contributed by atoms with Gasteiger partial charge in [0.05, 0.1) is 0 Å². The van der Waals surface area contributed by atoms with Crippen LogP contribution in [0.15, 0.2) is 24.3 Å². The molecule has 0 saturated heterocycles. The van der Waals surface area contributed by atoms with Crippen molar-refractivity contribution in [1.29, 1.82) is 0 Å². The van der Waals surface area contributed by atoms with Gasteiger partial charge in [-0.15, -0.1) is 0 Å². The number of ether oxygens (including phenoxy) is 1. The summed E-state index contributed by atoms with van der Waals surface area (Å²) >= 11 is 5.76. The Hall–Kier alpha value is -1.75. The molecular weight excluding hydrogens is 294 g/mol. The molecule has 0 saturated carbocycles. The van der Waals surface area contributed by atoms with Gasteiger partial charge in [0.15, 0.2) is 6.10 Å². The van der Waals surface area contributed by atoms with E-state index in [-0.39, 0.29) is 0 Å². The maximum Gasteiger partial charge on any atom is 0.326 e. The molecule has 0 spiro atoms. The zero-order valence-corrected chi connectivity index (χ0v) is 12.9. The molecule has 0 fully saturated rings. The molecule has 1 aromatic rings. The highest BCUT2D eigenvalue weighted by Gasteiger charge is 2.23. The number of amides is 1. The zero-order chi connectivity index (χ0) is 15.8. The Labute approximate surface area is 129 Å². The molecule has 1 rings (SSSR count). The van der Waals surface area contributed by atoms with Crippen molar-refractivity contribution in [3.8, 4) is 5.75 Å². The number of nitrogens with one attached hydrogen (secondary N) is 1. The fraction of sp³-hybridized carbons (Fsp3) is 0.467. The summed E-state index contributed by atoms with van der Waals surface area (Å²) < 4.78 is 5.45. The van der Waals surface area contributed by atoms with Crippen LogP contribution >= 0.6 is 11.6 Å². The van der Waals surface area contributed by atoms with Gasteiger partial charge in [-0.2, -0.15) is 0 Å². The molecular formula is C15H20ClNO4. The molecule has 0 aliphatic carbocycles. The van der Waals surface area contributed by atoms with Gasteiger partial charge in [-0.3, -0.25) is 4.79 Å². The van der Waals surface area contributed by atoms with Crippen LogP contribution in [0.25, 0.3) is 0 Å². The first kappa shape index (κ1) is 17.3. The molecule has 5 nitrogen and oxygen atoms in total. The minimum absolute atomic E-state index is 0.408. The summed E-state index contributed by atoms with van der Waals surface area (Å²) in [5.41, 5.74) is 0. The Morgan fingerprint density at radius 2 is 1.95 bits per heavy atom. The van der Waals surface area contributed by atoms with Gasteiger partial charge in [0, 0.05) is 5.02 Å². The highest BCUT2D eigenvalue weighted by atomic mass is 35.5. The van der Waals surface area contributed by atoms with Crippen LogP contribution in [0.5, 0.6) is 5.75 Å². The Bertz CT molecular complexity index is 475. The van der Waals surface area contributed by atoms with E-state index in [0.717, 1.165) is 12.8 Å². The number of unbranched alkanes of at least 4 members (excludes halogenated alkanes) is 1. The average Bonchev–Trinajstić information content (AvgIpc) is 2.45. The first-order valence-corrected chi connectivity index (χ1v) is 7.27. The van der Waals surface area contributed by atoms with Crippen LogP contribution in [-0.2, 0) is 9.59 Å². The van der Waals surface area contributed by atoms with Crippen LogP contribution in [0.1, 0.15) is 33.1 Å². The summed E-state index contributed by atoms with van der Waals surface area (Å²) in [7, 11) is 0. The summed E-state index contributed by atoms with van der Waals surface area (Å²) in [4.78, 5) is 23.1. The number of carboxylic acid groups (broad SMARTS) is 1. The van der Waals surface area contributed by atoms with Gasteiger partial charge in [-0.05, 0) is 37.6 Å². The molecule has 1 unspecified atom stereocenters. The fourth-order valence-electron chi connectivity index (χ4n) is 1.73. The molecule has 1 aromatic carbocycles. The van der Waals surface area contributed by atoms with E-state index in [0.29, 0.717) is 17.2 Å². The molecule has 2 atom stereocenters. The second kappa shape index (κ2) is 8.52. The standard InChI is InChI=1S/C15H20ClNO4/c1-3-4-5-13(15(19)20)17-14(18)10(2)21-12-8-6-11(16)7-9-12/h6-10,13H,3-5H2,1-2H3,(H,17,18)(H,19,20)/t10?,13-/m0/s1. The van der Waals surface area contributed by atoms with Crippen molar-refractivity contribution < 1.29 is 19.4 Å². The van der Waals surface area contributed by atoms with E-state index in [1.54, 1.807) is 31.2 Å². The van der Waals surface area contributed by atoms with Gasteiger partial charge in [0.2, 0.25) is 0 Å². The van der Waals surface area contributed by atoms with E-state index in [1.165, 1.54) is 0 Å². The van der Waals surface area contributed by atoms with Crippen LogP contribution in [0.3, 0.4) is 0 Å². The normalized spacial score (nSPS) is 13.3. The third kappa shape index (κ3) is 6.04. The van der Waals surface area contributed by atoms with Gasteiger partial charge >= 0.3 is 5.97 Å². The van der Waals surface area contributed by atoms with Crippen molar-refractivity contribution in [3.05, 3.63) is 29.3 Å². The highest BCUT2D eigenvalue weighted by molar-refractivity contribution is 6.30. The molecule has 0 radical (unpaired) electrons. The van der Waals surface area contributed by atoms with Crippen LogP contribution < -0.4 is 10.1 Å². The van der Waals surface area contributed by atoms with Crippen LogP contribution in [-0.4, -0.2) is 29.1 Å². The predicted molar refractivity (Wildman–Crippen MR) is 80.6 cm³/mol. The fourth-order valence-corrected chi connectivity index (χ4v) is 1.85. The number of hydrogen-bond acceptors (Lipinski definition) is 3. The average molecular weight is 314 g/mol. The minimum Gasteiger partial charge on any atom is -0.481 e.